The Morgan fingerprint density at radius 2 is 1.95 bits per heavy atom. The molecule has 1 fully saturated rings. The molecule has 2 unspecified atom stereocenters. The van der Waals surface area contributed by atoms with E-state index in [0.717, 1.165) is 0 Å². The third kappa shape index (κ3) is 3.51. The van der Waals surface area contributed by atoms with Crippen molar-refractivity contribution in [2.24, 2.45) is 11.7 Å². The van der Waals surface area contributed by atoms with Gasteiger partial charge in [-0.15, -0.1) is 0 Å². The molecule has 4 heteroatoms. The molecule has 2 rings (SSSR count). The zero-order valence-electron chi connectivity index (χ0n) is 12.5. The molecule has 1 amide bonds. The van der Waals surface area contributed by atoms with Crippen LogP contribution < -0.4 is 5.73 Å². The van der Waals surface area contributed by atoms with Crippen LogP contribution in [0.4, 0.5) is 4.79 Å². The van der Waals surface area contributed by atoms with Crippen LogP contribution in [0.3, 0.4) is 0 Å². The summed E-state index contributed by atoms with van der Waals surface area (Å²) in [5.41, 5.74) is 6.66. The topological polar surface area (TPSA) is 55.6 Å². The Balaban J connectivity index is 2.08. The number of carbonyl (C=O) groups excluding carboxylic acids is 1. The molecule has 1 aliphatic rings. The van der Waals surface area contributed by atoms with Gasteiger partial charge in [0.1, 0.15) is 5.60 Å². The SMILES string of the molecule is CC(C)(C)OC(=O)N1CC(CN)C(c2ccccc2)C1. The van der Waals surface area contributed by atoms with Crippen molar-refractivity contribution in [2.45, 2.75) is 32.3 Å². The van der Waals surface area contributed by atoms with Crippen molar-refractivity contribution < 1.29 is 9.53 Å². The van der Waals surface area contributed by atoms with Crippen molar-refractivity contribution in [1.82, 2.24) is 4.90 Å². The Morgan fingerprint density at radius 3 is 2.50 bits per heavy atom. The Hall–Kier alpha value is -1.55. The summed E-state index contributed by atoms with van der Waals surface area (Å²) in [7, 11) is 0. The number of nitrogens with two attached hydrogens (primary N) is 1. The predicted octanol–water partition coefficient (Wildman–Crippen LogP) is 2.60. The monoisotopic (exact) mass is 276 g/mol. The Bertz CT molecular complexity index is 453. The molecular formula is C16H24N2O2. The van der Waals surface area contributed by atoms with E-state index in [0.29, 0.717) is 31.5 Å². The number of nitrogens with zero attached hydrogens (tertiary/aromatic N) is 1. The molecule has 1 saturated heterocycles. The van der Waals surface area contributed by atoms with Crippen LogP contribution in [-0.4, -0.2) is 36.2 Å². The smallest absolute Gasteiger partial charge is 0.410 e. The highest BCUT2D eigenvalue weighted by Crippen LogP contribution is 2.32. The van der Waals surface area contributed by atoms with Gasteiger partial charge < -0.3 is 15.4 Å². The lowest BCUT2D eigenvalue weighted by molar-refractivity contribution is 0.0287. The Morgan fingerprint density at radius 1 is 1.30 bits per heavy atom. The lowest BCUT2D eigenvalue weighted by Gasteiger charge is -2.24. The molecule has 0 saturated carbocycles. The summed E-state index contributed by atoms with van der Waals surface area (Å²) in [5.74, 6) is 0.596. The molecule has 2 N–H and O–H groups in total. The molecule has 0 aliphatic carbocycles. The molecule has 0 bridgehead atoms. The van der Waals surface area contributed by atoms with Crippen LogP contribution in [0.5, 0.6) is 0 Å². The first-order chi connectivity index (χ1) is 9.40. The third-order valence-corrected chi connectivity index (χ3v) is 3.62. The van der Waals surface area contributed by atoms with Gasteiger partial charge in [-0.05, 0) is 38.8 Å². The molecule has 4 nitrogen and oxygen atoms in total. The van der Waals surface area contributed by atoms with E-state index in [1.165, 1.54) is 5.56 Å². The van der Waals surface area contributed by atoms with Crippen LogP contribution in [-0.2, 0) is 4.74 Å². The number of hydrogen-bond acceptors (Lipinski definition) is 3. The highest BCUT2D eigenvalue weighted by Gasteiger charge is 2.36. The maximum absolute atomic E-state index is 12.2. The summed E-state index contributed by atoms with van der Waals surface area (Å²) < 4.78 is 5.44. The van der Waals surface area contributed by atoms with Gasteiger partial charge in [-0.2, -0.15) is 0 Å². The van der Waals surface area contributed by atoms with Gasteiger partial charge >= 0.3 is 6.09 Å². The average Bonchev–Trinajstić information content (AvgIpc) is 2.82. The van der Waals surface area contributed by atoms with Crippen molar-refractivity contribution in [3.63, 3.8) is 0 Å². The molecule has 2 atom stereocenters. The van der Waals surface area contributed by atoms with Crippen LogP contribution in [0.1, 0.15) is 32.3 Å². The first kappa shape index (κ1) is 14.9. The van der Waals surface area contributed by atoms with Crippen LogP contribution in [0, 0.1) is 5.92 Å². The maximum atomic E-state index is 12.2. The number of carbonyl (C=O) groups is 1. The van der Waals surface area contributed by atoms with Gasteiger partial charge in [-0.25, -0.2) is 4.79 Å². The van der Waals surface area contributed by atoms with E-state index in [2.05, 4.69) is 12.1 Å². The predicted molar refractivity (Wildman–Crippen MR) is 79.5 cm³/mol. The number of rotatable bonds is 2. The van der Waals surface area contributed by atoms with Crippen molar-refractivity contribution in [3.8, 4) is 0 Å². The molecule has 110 valence electrons. The summed E-state index contributed by atoms with van der Waals surface area (Å²) in [6.45, 7) is 7.59. The van der Waals surface area contributed by atoms with E-state index in [1.807, 2.05) is 39.0 Å². The molecule has 1 aromatic rings. The van der Waals surface area contributed by atoms with Crippen molar-refractivity contribution in [3.05, 3.63) is 35.9 Å². The van der Waals surface area contributed by atoms with Gasteiger partial charge in [0.15, 0.2) is 0 Å². The fourth-order valence-corrected chi connectivity index (χ4v) is 2.66. The standard InChI is InChI=1S/C16H24N2O2/c1-16(2,3)20-15(19)18-10-13(9-17)14(11-18)12-7-5-4-6-8-12/h4-8,13-14H,9-11,17H2,1-3H3. The van der Waals surface area contributed by atoms with Gasteiger partial charge in [0.25, 0.3) is 0 Å². The summed E-state index contributed by atoms with van der Waals surface area (Å²) in [6, 6.07) is 10.3. The molecule has 1 heterocycles. The van der Waals surface area contributed by atoms with E-state index in [-0.39, 0.29) is 6.09 Å². The van der Waals surface area contributed by atoms with E-state index in [1.54, 1.807) is 4.90 Å². The van der Waals surface area contributed by atoms with Crippen molar-refractivity contribution in [2.75, 3.05) is 19.6 Å². The zero-order valence-corrected chi connectivity index (χ0v) is 12.5. The minimum absolute atomic E-state index is 0.241. The first-order valence-electron chi connectivity index (χ1n) is 7.13. The maximum Gasteiger partial charge on any atom is 0.410 e. The molecule has 1 aromatic carbocycles. The van der Waals surface area contributed by atoms with Gasteiger partial charge in [0.05, 0.1) is 0 Å². The first-order valence-corrected chi connectivity index (χ1v) is 7.13. The normalized spacial score (nSPS) is 22.9. The van der Waals surface area contributed by atoms with E-state index in [4.69, 9.17) is 10.5 Å². The molecule has 20 heavy (non-hydrogen) atoms. The molecule has 0 radical (unpaired) electrons. The molecule has 0 aromatic heterocycles. The number of benzene rings is 1. The van der Waals surface area contributed by atoms with Crippen molar-refractivity contribution in [1.29, 1.82) is 0 Å². The van der Waals surface area contributed by atoms with E-state index < -0.39 is 5.60 Å². The van der Waals surface area contributed by atoms with E-state index >= 15 is 0 Å². The van der Waals surface area contributed by atoms with E-state index in [9.17, 15) is 4.79 Å². The van der Waals surface area contributed by atoms with Crippen LogP contribution in [0.15, 0.2) is 30.3 Å². The Labute approximate surface area is 120 Å². The van der Waals surface area contributed by atoms with Gasteiger partial charge in [-0.1, -0.05) is 30.3 Å². The lowest BCUT2D eigenvalue weighted by atomic mass is 9.89. The van der Waals surface area contributed by atoms with Gasteiger partial charge in [0, 0.05) is 19.0 Å². The minimum Gasteiger partial charge on any atom is -0.444 e. The van der Waals surface area contributed by atoms with Crippen LogP contribution in [0.2, 0.25) is 0 Å². The largest absolute Gasteiger partial charge is 0.444 e. The molecule has 0 spiro atoms. The lowest BCUT2D eigenvalue weighted by Crippen LogP contribution is -2.35. The number of ether oxygens (including phenoxy) is 1. The van der Waals surface area contributed by atoms with Crippen LogP contribution >= 0.6 is 0 Å². The number of amides is 1. The third-order valence-electron chi connectivity index (χ3n) is 3.62. The second-order valence-electron chi connectivity index (χ2n) is 6.40. The summed E-state index contributed by atoms with van der Waals surface area (Å²) in [4.78, 5) is 13.9. The summed E-state index contributed by atoms with van der Waals surface area (Å²) in [6.07, 6.45) is -0.241. The highest BCUT2D eigenvalue weighted by molar-refractivity contribution is 5.68. The summed E-state index contributed by atoms with van der Waals surface area (Å²) in [5, 5.41) is 0. The molecular weight excluding hydrogens is 252 g/mol. The van der Waals surface area contributed by atoms with Gasteiger partial charge in [0.2, 0.25) is 0 Å². The summed E-state index contributed by atoms with van der Waals surface area (Å²) >= 11 is 0. The fourth-order valence-electron chi connectivity index (χ4n) is 2.66. The minimum atomic E-state index is -0.458. The van der Waals surface area contributed by atoms with Gasteiger partial charge in [-0.3, -0.25) is 0 Å². The number of likely N-dealkylation sites (tertiary alicyclic amines) is 1. The van der Waals surface area contributed by atoms with Crippen molar-refractivity contribution >= 4 is 6.09 Å². The highest BCUT2D eigenvalue weighted by atomic mass is 16.6. The van der Waals surface area contributed by atoms with Crippen LogP contribution in [0.25, 0.3) is 0 Å². The number of hydrogen-bond donors (Lipinski definition) is 1. The Kier molecular flexibility index (Phi) is 4.33. The second-order valence-corrected chi connectivity index (χ2v) is 6.40. The quantitative estimate of drug-likeness (QED) is 0.903. The average molecular weight is 276 g/mol. The fraction of sp³-hybridized carbons (Fsp3) is 0.562. The zero-order chi connectivity index (χ0) is 14.8. The second kappa shape index (κ2) is 5.83. The molecule has 1 aliphatic heterocycles.